The molecule has 0 unspecified atom stereocenters. The van der Waals surface area contributed by atoms with Gasteiger partial charge in [0.2, 0.25) is 10.0 Å². The molecular formula is C19H26N2O6S. The lowest BCUT2D eigenvalue weighted by molar-refractivity contribution is -0.154. The van der Waals surface area contributed by atoms with E-state index in [1.807, 2.05) is 6.92 Å². The van der Waals surface area contributed by atoms with Crippen LogP contribution in [-0.4, -0.2) is 57.0 Å². The van der Waals surface area contributed by atoms with Gasteiger partial charge >= 0.3 is 5.97 Å². The van der Waals surface area contributed by atoms with Crippen LogP contribution in [-0.2, 0) is 29.1 Å². The van der Waals surface area contributed by atoms with Crippen molar-refractivity contribution in [3.8, 4) is 0 Å². The lowest BCUT2D eigenvalue weighted by Gasteiger charge is -2.27. The fourth-order valence-corrected chi connectivity index (χ4v) is 4.75. The van der Waals surface area contributed by atoms with Gasteiger partial charge in [0.25, 0.3) is 5.91 Å². The van der Waals surface area contributed by atoms with Crippen molar-refractivity contribution in [2.45, 2.75) is 38.2 Å². The lowest BCUT2D eigenvalue weighted by Crippen LogP contribution is -2.40. The monoisotopic (exact) mass is 410 g/mol. The van der Waals surface area contributed by atoms with Gasteiger partial charge in [0.05, 0.1) is 24.0 Å². The minimum atomic E-state index is -3.68. The Balaban J connectivity index is 1.70. The zero-order chi connectivity index (χ0) is 20.5. The summed E-state index contributed by atoms with van der Waals surface area (Å²) in [5, 5.41) is 2.64. The summed E-state index contributed by atoms with van der Waals surface area (Å²) in [4.78, 5) is 24.4. The van der Waals surface area contributed by atoms with Crippen LogP contribution < -0.4 is 5.32 Å². The summed E-state index contributed by atoms with van der Waals surface area (Å²) in [6.07, 6.45) is -0.172. The van der Waals surface area contributed by atoms with Crippen molar-refractivity contribution >= 4 is 27.6 Å². The summed E-state index contributed by atoms with van der Waals surface area (Å²) in [7, 11) is -3.68. The number of rotatable bonds is 6. The number of carbonyl (C=O) groups is 2. The highest BCUT2D eigenvalue weighted by atomic mass is 32.2. The predicted molar refractivity (Wildman–Crippen MR) is 102 cm³/mol. The molecule has 1 N–H and O–H groups in total. The second kappa shape index (κ2) is 8.18. The fourth-order valence-electron chi connectivity index (χ4n) is 3.09. The number of morpholine rings is 1. The quantitative estimate of drug-likeness (QED) is 0.714. The van der Waals surface area contributed by atoms with Crippen LogP contribution in [0.1, 0.15) is 25.8 Å². The number of nitrogens with one attached hydrogen (secondary N) is 1. The zero-order valence-electron chi connectivity index (χ0n) is 16.3. The van der Waals surface area contributed by atoms with Gasteiger partial charge in [-0.3, -0.25) is 9.59 Å². The number of ether oxygens (including phenoxy) is 2. The molecule has 0 radical (unpaired) electrons. The average Bonchev–Trinajstić information content (AvgIpc) is 3.40. The highest BCUT2D eigenvalue weighted by Gasteiger charge is 2.41. The first-order valence-electron chi connectivity index (χ1n) is 9.40. The van der Waals surface area contributed by atoms with Gasteiger partial charge < -0.3 is 14.8 Å². The molecule has 154 valence electrons. The summed E-state index contributed by atoms with van der Waals surface area (Å²) >= 11 is 0. The maximum Gasteiger partial charge on any atom is 0.309 e. The first kappa shape index (κ1) is 20.8. The number of carbonyl (C=O) groups excluding carboxylic acids is 2. The third-order valence-electron chi connectivity index (χ3n) is 5.12. The number of anilines is 1. The van der Waals surface area contributed by atoms with E-state index in [-0.39, 0.29) is 16.8 Å². The fraction of sp³-hybridized carbons (Fsp3) is 0.579. The Labute approximate surface area is 165 Å². The van der Waals surface area contributed by atoms with Crippen molar-refractivity contribution in [1.82, 2.24) is 4.31 Å². The molecule has 28 heavy (non-hydrogen) atoms. The van der Waals surface area contributed by atoms with Gasteiger partial charge in [0.1, 0.15) is 0 Å². The van der Waals surface area contributed by atoms with Gasteiger partial charge in [-0.25, -0.2) is 8.42 Å². The third-order valence-corrected chi connectivity index (χ3v) is 7.16. The molecule has 1 aliphatic heterocycles. The summed E-state index contributed by atoms with van der Waals surface area (Å²) in [5.41, 5.74) is 0.928. The van der Waals surface area contributed by atoms with E-state index in [1.165, 1.54) is 17.3 Å². The summed E-state index contributed by atoms with van der Waals surface area (Å²) in [6, 6.07) is 4.71. The second-order valence-corrected chi connectivity index (χ2v) is 9.29. The molecule has 2 aliphatic rings. The minimum absolute atomic E-state index is 0.125. The molecule has 1 aliphatic carbocycles. The first-order chi connectivity index (χ1) is 13.2. The van der Waals surface area contributed by atoms with E-state index in [0.29, 0.717) is 43.5 Å². The van der Waals surface area contributed by atoms with Crippen molar-refractivity contribution in [2.75, 3.05) is 31.6 Å². The number of amides is 1. The van der Waals surface area contributed by atoms with Crippen LogP contribution in [0.5, 0.6) is 0 Å². The summed E-state index contributed by atoms with van der Waals surface area (Å²) in [6.45, 7) is 6.48. The van der Waals surface area contributed by atoms with E-state index >= 15 is 0 Å². The van der Waals surface area contributed by atoms with Crippen LogP contribution in [0.2, 0.25) is 0 Å². The lowest BCUT2D eigenvalue weighted by atomic mass is 10.2. The Morgan fingerprint density at radius 1 is 1.29 bits per heavy atom. The molecule has 1 aromatic carbocycles. The number of hydrogen-bond donors (Lipinski definition) is 1. The predicted octanol–water partition coefficient (Wildman–Crippen LogP) is 1.54. The van der Waals surface area contributed by atoms with E-state index in [4.69, 9.17) is 9.47 Å². The van der Waals surface area contributed by atoms with E-state index < -0.39 is 22.0 Å². The Kier molecular flexibility index (Phi) is 6.07. The van der Waals surface area contributed by atoms with Crippen LogP contribution in [0.25, 0.3) is 0 Å². The molecule has 0 aromatic heterocycles. The van der Waals surface area contributed by atoms with Crippen molar-refractivity contribution < 1.29 is 27.5 Å². The normalized spacial score (nSPS) is 23.7. The molecule has 1 aromatic rings. The van der Waals surface area contributed by atoms with Crippen molar-refractivity contribution in [3.63, 3.8) is 0 Å². The molecule has 1 heterocycles. The van der Waals surface area contributed by atoms with E-state index in [2.05, 4.69) is 5.32 Å². The average molecular weight is 410 g/mol. The molecule has 9 heteroatoms. The molecule has 0 bridgehead atoms. The van der Waals surface area contributed by atoms with Gasteiger partial charge in [-0.15, -0.1) is 0 Å². The number of nitrogens with zero attached hydrogens (tertiary/aromatic N) is 1. The van der Waals surface area contributed by atoms with Gasteiger partial charge in [-0.05, 0) is 43.9 Å². The Morgan fingerprint density at radius 3 is 2.54 bits per heavy atom. The summed E-state index contributed by atoms with van der Waals surface area (Å²) in [5.74, 6) is -0.692. The highest BCUT2D eigenvalue weighted by Crippen LogP contribution is 2.38. The van der Waals surface area contributed by atoms with E-state index in [1.54, 1.807) is 19.1 Å². The topological polar surface area (TPSA) is 102 Å². The zero-order valence-corrected chi connectivity index (χ0v) is 17.1. The van der Waals surface area contributed by atoms with Crippen molar-refractivity contribution in [2.24, 2.45) is 11.8 Å². The number of sulfonamides is 1. The third kappa shape index (κ3) is 4.53. The standard InChI is InChI=1S/C19H26N2O6S/c1-12-4-5-15(11-17(12)28(24,25)21-6-8-26-9-7-21)20-18(22)14(3)27-19(23)16-10-13(16)2/h4-5,11,13-14,16H,6-10H2,1-3H3,(H,20,22)/t13-,14+,16+/m0/s1. The van der Waals surface area contributed by atoms with Crippen LogP contribution in [0, 0.1) is 18.8 Å². The highest BCUT2D eigenvalue weighted by molar-refractivity contribution is 7.89. The van der Waals surface area contributed by atoms with Crippen LogP contribution in [0.15, 0.2) is 23.1 Å². The van der Waals surface area contributed by atoms with E-state index in [9.17, 15) is 18.0 Å². The number of hydrogen-bond acceptors (Lipinski definition) is 6. The summed E-state index contributed by atoms with van der Waals surface area (Å²) < 4.78 is 37.7. The van der Waals surface area contributed by atoms with Crippen LogP contribution in [0.4, 0.5) is 5.69 Å². The van der Waals surface area contributed by atoms with Gasteiger partial charge in [0, 0.05) is 18.8 Å². The Morgan fingerprint density at radius 2 is 1.93 bits per heavy atom. The Hall–Kier alpha value is -1.97. The van der Waals surface area contributed by atoms with Crippen molar-refractivity contribution in [3.05, 3.63) is 23.8 Å². The molecule has 1 amide bonds. The maximum absolute atomic E-state index is 12.9. The first-order valence-corrected chi connectivity index (χ1v) is 10.8. The molecule has 3 atom stereocenters. The maximum atomic E-state index is 12.9. The molecule has 2 fully saturated rings. The van der Waals surface area contributed by atoms with Crippen molar-refractivity contribution in [1.29, 1.82) is 0 Å². The Bertz CT molecular complexity index is 863. The molecule has 3 rings (SSSR count). The largest absolute Gasteiger partial charge is 0.452 e. The van der Waals surface area contributed by atoms with Gasteiger partial charge in [-0.2, -0.15) is 4.31 Å². The van der Waals surface area contributed by atoms with Gasteiger partial charge in [-0.1, -0.05) is 13.0 Å². The van der Waals surface area contributed by atoms with Crippen LogP contribution >= 0.6 is 0 Å². The van der Waals surface area contributed by atoms with Gasteiger partial charge in [0.15, 0.2) is 6.10 Å². The number of esters is 1. The second-order valence-electron chi connectivity index (χ2n) is 7.38. The molecule has 0 spiro atoms. The minimum Gasteiger partial charge on any atom is -0.452 e. The molecule has 1 saturated heterocycles. The van der Waals surface area contributed by atoms with Crippen LogP contribution in [0.3, 0.4) is 0 Å². The SMILES string of the molecule is Cc1ccc(NC(=O)[C@@H](C)OC(=O)[C@@H]2C[C@@H]2C)cc1S(=O)(=O)N1CCOCC1. The number of benzene rings is 1. The van der Waals surface area contributed by atoms with E-state index in [0.717, 1.165) is 6.42 Å². The smallest absolute Gasteiger partial charge is 0.309 e. The molecular weight excluding hydrogens is 384 g/mol. The molecule has 8 nitrogen and oxygen atoms in total. The number of aryl methyl sites for hydroxylation is 1. The molecule has 1 saturated carbocycles.